The SMILES string of the molecule is CCc1c(C)nc(-n2nc(C)cc2NC(=O)C2CC(=O)N(c3ccc(C)cc3)C2)[nH]c1=O.Cl. The molecule has 174 valence electrons. The van der Waals surface area contributed by atoms with Crippen molar-refractivity contribution >= 4 is 35.7 Å². The number of aryl methyl sites for hydroxylation is 3. The van der Waals surface area contributed by atoms with Gasteiger partial charge in [-0.05, 0) is 39.3 Å². The lowest BCUT2D eigenvalue weighted by Crippen LogP contribution is -2.29. The lowest BCUT2D eigenvalue weighted by molar-refractivity contribution is -0.122. The molecule has 3 aromatic rings. The number of rotatable bonds is 5. The van der Waals surface area contributed by atoms with E-state index < -0.39 is 5.92 Å². The van der Waals surface area contributed by atoms with Gasteiger partial charge in [-0.1, -0.05) is 24.6 Å². The van der Waals surface area contributed by atoms with Crippen molar-refractivity contribution in [2.75, 3.05) is 16.8 Å². The third-order valence-electron chi connectivity index (χ3n) is 5.69. The van der Waals surface area contributed by atoms with Gasteiger partial charge >= 0.3 is 0 Å². The summed E-state index contributed by atoms with van der Waals surface area (Å²) in [4.78, 5) is 46.7. The zero-order valence-corrected chi connectivity index (χ0v) is 19.8. The monoisotopic (exact) mass is 470 g/mol. The van der Waals surface area contributed by atoms with Gasteiger partial charge in [-0.3, -0.25) is 19.4 Å². The summed E-state index contributed by atoms with van der Waals surface area (Å²) >= 11 is 0. The minimum Gasteiger partial charge on any atom is -0.312 e. The van der Waals surface area contributed by atoms with Gasteiger partial charge in [0.15, 0.2) is 0 Å². The molecule has 1 fully saturated rings. The minimum atomic E-state index is -0.497. The first-order valence-corrected chi connectivity index (χ1v) is 10.6. The molecular formula is C23H27ClN6O3. The molecule has 0 spiro atoms. The van der Waals surface area contributed by atoms with Crippen molar-refractivity contribution in [2.45, 2.75) is 40.5 Å². The number of aromatic amines is 1. The van der Waals surface area contributed by atoms with Crippen LogP contribution in [0.4, 0.5) is 11.5 Å². The van der Waals surface area contributed by atoms with Gasteiger partial charge < -0.3 is 10.2 Å². The Labute approximate surface area is 197 Å². The van der Waals surface area contributed by atoms with Crippen LogP contribution in [0.25, 0.3) is 5.95 Å². The molecule has 0 radical (unpaired) electrons. The summed E-state index contributed by atoms with van der Waals surface area (Å²) in [7, 11) is 0. The fraction of sp³-hybridized carbons (Fsp3) is 0.348. The first-order valence-electron chi connectivity index (χ1n) is 10.6. The average Bonchev–Trinajstić information content (AvgIpc) is 3.31. The van der Waals surface area contributed by atoms with E-state index >= 15 is 0 Å². The maximum absolute atomic E-state index is 13.0. The van der Waals surface area contributed by atoms with Crippen molar-refractivity contribution in [3.05, 3.63) is 63.2 Å². The van der Waals surface area contributed by atoms with Gasteiger partial charge in [-0.15, -0.1) is 12.4 Å². The Bertz CT molecular complexity index is 1250. The van der Waals surface area contributed by atoms with E-state index in [9.17, 15) is 14.4 Å². The Kier molecular flexibility index (Phi) is 7.02. The number of anilines is 2. The molecule has 10 heteroatoms. The molecule has 3 heterocycles. The second kappa shape index (κ2) is 9.58. The summed E-state index contributed by atoms with van der Waals surface area (Å²) in [6, 6.07) is 9.36. The van der Waals surface area contributed by atoms with Crippen molar-refractivity contribution in [3.63, 3.8) is 0 Å². The third kappa shape index (κ3) is 4.83. The number of H-pyrrole nitrogens is 1. The fourth-order valence-corrected chi connectivity index (χ4v) is 3.95. The highest BCUT2D eigenvalue weighted by molar-refractivity contribution is 6.03. The molecule has 0 bridgehead atoms. The van der Waals surface area contributed by atoms with Gasteiger partial charge in [-0.25, -0.2) is 4.98 Å². The van der Waals surface area contributed by atoms with Crippen molar-refractivity contribution in [1.82, 2.24) is 19.7 Å². The summed E-state index contributed by atoms with van der Waals surface area (Å²) in [5.74, 6) is -0.241. The highest BCUT2D eigenvalue weighted by Gasteiger charge is 2.35. The largest absolute Gasteiger partial charge is 0.312 e. The van der Waals surface area contributed by atoms with Crippen LogP contribution in [-0.4, -0.2) is 38.1 Å². The lowest BCUT2D eigenvalue weighted by Gasteiger charge is -2.17. The van der Waals surface area contributed by atoms with E-state index in [0.717, 1.165) is 11.3 Å². The van der Waals surface area contributed by atoms with Crippen molar-refractivity contribution in [3.8, 4) is 5.95 Å². The number of hydrogen-bond donors (Lipinski definition) is 2. The fourth-order valence-electron chi connectivity index (χ4n) is 3.95. The van der Waals surface area contributed by atoms with E-state index in [1.807, 2.05) is 38.1 Å². The molecule has 9 nitrogen and oxygen atoms in total. The summed E-state index contributed by atoms with van der Waals surface area (Å²) in [5.41, 5.74) is 3.55. The van der Waals surface area contributed by atoms with Gasteiger partial charge in [-0.2, -0.15) is 9.78 Å². The van der Waals surface area contributed by atoms with Crippen LogP contribution in [0.15, 0.2) is 35.1 Å². The molecule has 2 aromatic heterocycles. The second-order valence-corrected chi connectivity index (χ2v) is 8.12. The summed E-state index contributed by atoms with van der Waals surface area (Å²) in [5, 5.41) is 7.24. The lowest BCUT2D eigenvalue weighted by atomic mass is 10.1. The minimum absolute atomic E-state index is 0. The smallest absolute Gasteiger partial charge is 0.255 e. The molecule has 4 rings (SSSR count). The van der Waals surface area contributed by atoms with Crippen molar-refractivity contribution in [1.29, 1.82) is 0 Å². The van der Waals surface area contributed by atoms with Crippen LogP contribution in [0.5, 0.6) is 0 Å². The molecule has 1 saturated heterocycles. The molecule has 1 atom stereocenters. The zero-order valence-electron chi connectivity index (χ0n) is 19.0. The molecule has 2 amide bonds. The predicted octanol–water partition coefficient (Wildman–Crippen LogP) is 2.86. The Hall–Kier alpha value is -3.46. The molecule has 1 aromatic carbocycles. The highest BCUT2D eigenvalue weighted by Crippen LogP contribution is 2.26. The van der Waals surface area contributed by atoms with Gasteiger partial charge in [0, 0.05) is 36.0 Å². The topological polar surface area (TPSA) is 113 Å². The Balaban J connectivity index is 0.00000306. The maximum Gasteiger partial charge on any atom is 0.255 e. The van der Waals surface area contributed by atoms with E-state index in [-0.39, 0.29) is 42.1 Å². The van der Waals surface area contributed by atoms with E-state index in [4.69, 9.17) is 0 Å². The molecule has 0 saturated carbocycles. The summed E-state index contributed by atoms with van der Waals surface area (Å²) in [6.45, 7) is 7.74. The Morgan fingerprint density at radius 2 is 1.88 bits per heavy atom. The van der Waals surface area contributed by atoms with Crippen LogP contribution in [-0.2, 0) is 16.0 Å². The maximum atomic E-state index is 13.0. The normalized spacial score (nSPS) is 15.5. The Morgan fingerprint density at radius 3 is 2.52 bits per heavy atom. The highest BCUT2D eigenvalue weighted by atomic mass is 35.5. The number of amides is 2. The number of nitrogens with zero attached hydrogens (tertiary/aromatic N) is 4. The molecule has 1 aliphatic heterocycles. The van der Waals surface area contributed by atoms with E-state index in [1.165, 1.54) is 4.68 Å². The first kappa shape index (κ1) is 24.2. The van der Waals surface area contributed by atoms with Gasteiger partial charge in [0.2, 0.25) is 17.8 Å². The van der Waals surface area contributed by atoms with Crippen molar-refractivity contribution in [2.24, 2.45) is 5.92 Å². The standard InChI is InChI=1S/C23H26N6O3.ClH/c1-5-18-15(4)24-23(26-22(18)32)29-19(10-14(3)27-29)25-21(31)16-11-20(30)28(12-16)17-8-6-13(2)7-9-17;/h6-10,16H,5,11-12H2,1-4H3,(H,25,31)(H,24,26,32);1H. The van der Waals surface area contributed by atoms with Crippen LogP contribution >= 0.6 is 12.4 Å². The molecular weight excluding hydrogens is 444 g/mol. The van der Waals surface area contributed by atoms with Crippen LogP contribution in [0.2, 0.25) is 0 Å². The quantitative estimate of drug-likeness (QED) is 0.595. The number of carbonyl (C=O) groups excluding carboxylic acids is 2. The van der Waals surface area contributed by atoms with Crippen LogP contribution in [0.1, 0.15) is 35.9 Å². The van der Waals surface area contributed by atoms with Crippen molar-refractivity contribution < 1.29 is 9.59 Å². The van der Waals surface area contributed by atoms with Gasteiger partial charge in [0.1, 0.15) is 5.82 Å². The first-order chi connectivity index (χ1) is 15.3. The van der Waals surface area contributed by atoms with Crippen LogP contribution in [0, 0.1) is 26.7 Å². The van der Waals surface area contributed by atoms with E-state index in [0.29, 0.717) is 35.7 Å². The van der Waals surface area contributed by atoms with Crippen LogP contribution < -0.4 is 15.8 Å². The van der Waals surface area contributed by atoms with E-state index in [1.54, 1.807) is 24.8 Å². The summed E-state index contributed by atoms with van der Waals surface area (Å²) < 4.78 is 1.41. The number of aromatic nitrogens is 4. The van der Waals surface area contributed by atoms with Gasteiger partial charge in [0.05, 0.1) is 11.6 Å². The molecule has 1 unspecified atom stereocenters. The Morgan fingerprint density at radius 1 is 1.18 bits per heavy atom. The predicted molar refractivity (Wildman–Crippen MR) is 128 cm³/mol. The van der Waals surface area contributed by atoms with Gasteiger partial charge in [0.25, 0.3) is 5.56 Å². The number of halogens is 1. The number of carbonyl (C=O) groups is 2. The molecule has 33 heavy (non-hydrogen) atoms. The second-order valence-electron chi connectivity index (χ2n) is 8.12. The molecule has 1 aliphatic rings. The molecule has 0 aliphatic carbocycles. The third-order valence-corrected chi connectivity index (χ3v) is 5.69. The number of hydrogen-bond acceptors (Lipinski definition) is 5. The average molecular weight is 471 g/mol. The van der Waals surface area contributed by atoms with Crippen LogP contribution in [0.3, 0.4) is 0 Å². The zero-order chi connectivity index (χ0) is 23.0. The van der Waals surface area contributed by atoms with E-state index in [2.05, 4.69) is 20.4 Å². The number of benzene rings is 1. The summed E-state index contributed by atoms with van der Waals surface area (Å²) in [6.07, 6.45) is 0.704. The molecule has 2 N–H and O–H groups in total. The number of nitrogens with one attached hydrogen (secondary N) is 2.